The van der Waals surface area contributed by atoms with Crippen LogP contribution in [-0.4, -0.2) is 23.1 Å². The highest BCUT2D eigenvalue weighted by Gasteiger charge is 2.21. The van der Waals surface area contributed by atoms with Crippen molar-refractivity contribution in [2.24, 2.45) is 11.5 Å². The quantitative estimate of drug-likeness (QED) is 0.541. The van der Waals surface area contributed by atoms with Crippen LogP contribution in [0.4, 0.5) is 0 Å². The Morgan fingerprint density at radius 1 is 1.28 bits per heavy atom. The molecular formula is C22H22N4O2S. The average Bonchev–Trinajstić information content (AvgIpc) is 3.21. The maximum atomic E-state index is 6.22. The van der Waals surface area contributed by atoms with E-state index >= 15 is 0 Å². The molecule has 2 aromatic carbocycles. The van der Waals surface area contributed by atoms with E-state index in [2.05, 4.69) is 9.97 Å². The number of ether oxygens (including phenoxy) is 2. The molecule has 0 saturated carbocycles. The Balaban J connectivity index is 1.77. The summed E-state index contributed by atoms with van der Waals surface area (Å²) in [4.78, 5) is 7.35. The lowest BCUT2D eigenvalue weighted by Crippen LogP contribution is -2.06. The molecule has 2 heterocycles. The summed E-state index contributed by atoms with van der Waals surface area (Å²) in [5.41, 5.74) is 16.8. The van der Waals surface area contributed by atoms with Gasteiger partial charge in [-0.25, -0.2) is 4.98 Å². The zero-order chi connectivity index (χ0) is 20.2. The Morgan fingerprint density at radius 3 is 2.90 bits per heavy atom. The van der Waals surface area contributed by atoms with Gasteiger partial charge in [0.1, 0.15) is 22.7 Å². The molecule has 0 atom stereocenters. The van der Waals surface area contributed by atoms with Gasteiger partial charge in [0.2, 0.25) is 0 Å². The smallest absolute Gasteiger partial charge is 0.139 e. The van der Waals surface area contributed by atoms with E-state index in [1.165, 1.54) is 0 Å². The van der Waals surface area contributed by atoms with Gasteiger partial charge in [0, 0.05) is 29.8 Å². The normalized spacial score (nSPS) is 13.1. The molecule has 0 radical (unpaired) electrons. The minimum atomic E-state index is 0.313. The topological polar surface area (TPSA) is 99.2 Å². The summed E-state index contributed by atoms with van der Waals surface area (Å²) in [5, 5.41) is 0. The van der Waals surface area contributed by atoms with Crippen molar-refractivity contribution in [3.05, 3.63) is 76.2 Å². The lowest BCUT2D eigenvalue weighted by Gasteiger charge is -2.15. The van der Waals surface area contributed by atoms with Gasteiger partial charge >= 0.3 is 0 Å². The van der Waals surface area contributed by atoms with Crippen LogP contribution < -0.4 is 20.9 Å². The number of hydrogen-bond acceptors (Lipinski definition) is 6. The van der Waals surface area contributed by atoms with Gasteiger partial charge in [-0.15, -0.1) is 0 Å². The Bertz CT molecular complexity index is 1110. The number of nitrogens with one attached hydrogen (secondary N) is 1. The first kappa shape index (κ1) is 19.2. The highest BCUT2D eigenvalue weighted by atomic mass is 32.1. The summed E-state index contributed by atoms with van der Waals surface area (Å²) in [5.74, 6) is 1.61. The maximum absolute atomic E-state index is 6.22. The maximum Gasteiger partial charge on any atom is 0.139 e. The van der Waals surface area contributed by atoms with Crippen LogP contribution in [0.5, 0.6) is 11.5 Å². The number of aromatic amines is 1. The summed E-state index contributed by atoms with van der Waals surface area (Å²) < 4.78 is 12.4. The van der Waals surface area contributed by atoms with E-state index in [0.717, 1.165) is 40.3 Å². The number of nitrogens with two attached hydrogens (primary N) is 2. The number of aromatic nitrogens is 2. The Morgan fingerprint density at radius 2 is 2.10 bits per heavy atom. The summed E-state index contributed by atoms with van der Waals surface area (Å²) in [6.07, 6.45) is 4.10. The predicted octanol–water partition coefficient (Wildman–Crippen LogP) is 3.58. The van der Waals surface area contributed by atoms with E-state index in [1.54, 1.807) is 12.4 Å². The summed E-state index contributed by atoms with van der Waals surface area (Å²) >= 11 is 5.42. The summed E-state index contributed by atoms with van der Waals surface area (Å²) in [6.45, 7) is 1.42. The van der Waals surface area contributed by atoms with E-state index in [0.29, 0.717) is 35.7 Å². The van der Waals surface area contributed by atoms with Gasteiger partial charge in [-0.05, 0) is 23.8 Å². The number of H-pyrrole nitrogens is 1. The average molecular weight is 407 g/mol. The molecule has 1 aromatic heterocycles. The minimum Gasteiger partial charge on any atom is -0.493 e. The third kappa shape index (κ3) is 4.01. The van der Waals surface area contributed by atoms with Crippen LogP contribution in [0, 0.1) is 4.64 Å². The van der Waals surface area contributed by atoms with Gasteiger partial charge < -0.3 is 25.9 Å². The van der Waals surface area contributed by atoms with Gasteiger partial charge in [0.05, 0.1) is 24.2 Å². The van der Waals surface area contributed by atoms with Crippen molar-refractivity contribution in [3.8, 4) is 22.8 Å². The van der Waals surface area contributed by atoms with E-state index in [4.69, 9.17) is 33.2 Å². The van der Waals surface area contributed by atoms with Crippen molar-refractivity contribution in [3.63, 3.8) is 0 Å². The Hall–Kier alpha value is -3.16. The van der Waals surface area contributed by atoms with Crippen LogP contribution in [-0.2, 0) is 13.0 Å². The highest BCUT2D eigenvalue weighted by Crippen LogP contribution is 2.39. The molecule has 6 nitrogen and oxygen atoms in total. The molecule has 5 N–H and O–H groups in total. The number of nitrogens with zero attached hydrogens (tertiary/aromatic N) is 1. The molecule has 0 unspecified atom stereocenters. The Labute approximate surface area is 174 Å². The zero-order valence-corrected chi connectivity index (χ0v) is 16.7. The van der Waals surface area contributed by atoms with E-state index in [1.807, 2.05) is 42.5 Å². The summed E-state index contributed by atoms with van der Waals surface area (Å²) in [6, 6.07) is 14.0. The molecule has 3 aromatic rings. The molecule has 0 fully saturated rings. The first-order chi connectivity index (χ1) is 14.2. The van der Waals surface area contributed by atoms with Crippen molar-refractivity contribution in [1.29, 1.82) is 0 Å². The molecule has 0 saturated heterocycles. The van der Waals surface area contributed by atoms with Crippen molar-refractivity contribution in [2.45, 2.75) is 13.0 Å². The Kier molecular flexibility index (Phi) is 5.59. The van der Waals surface area contributed by atoms with E-state index in [-0.39, 0.29) is 0 Å². The van der Waals surface area contributed by atoms with Crippen molar-refractivity contribution >= 4 is 17.9 Å². The standard InChI is InChI=1S/C22H22N4O2S/c23-8-6-17(24)20-21(25-13-26-22(20)29)15-10-18-16(7-9-27-18)19(11-15)28-12-14-4-2-1-3-5-14/h1-6,10-11,13H,7-9,12,23-24H2,(H,25,26,29)/b17-6-. The van der Waals surface area contributed by atoms with Crippen LogP contribution >= 0.6 is 12.2 Å². The number of benzene rings is 2. The number of fused-ring (bicyclic) bond motifs is 1. The fraction of sp³-hybridized carbons (Fsp3) is 0.182. The van der Waals surface area contributed by atoms with Crippen LogP contribution in [0.25, 0.3) is 17.0 Å². The molecule has 7 heteroatoms. The molecule has 1 aliphatic rings. The fourth-order valence-electron chi connectivity index (χ4n) is 3.39. The lowest BCUT2D eigenvalue weighted by molar-refractivity contribution is 0.303. The molecule has 0 amide bonds. The van der Waals surface area contributed by atoms with Crippen molar-refractivity contribution in [1.82, 2.24) is 9.97 Å². The third-order valence-electron chi connectivity index (χ3n) is 4.78. The van der Waals surface area contributed by atoms with Gasteiger partial charge in [0.25, 0.3) is 0 Å². The zero-order valence-electron chi connectivity index (χ0n) is 15.9. The molecule has 0 aliphatic carbocycles. The van der Waals surface area contributed by atoms with Crippen molar-refractivity contribution < 1.29 is 9.47 Å². The molecule has 4 rings (SSSR count). The molecule has 148 valence electrons. The predicted molar refractivity (Wildman–Crippen MR) is 116 cm³/mol. The highest BCUT2D eigenvalue weighted by molar-refractivity contribution is 7.71. The number of hydrogen-bond donors (Lipinski definition) is 3. The van der Waals surface area contributed by atoms with E-state index < -0.39 is 0 Å². The second-order valence-corrected chi connectivity index (χ2v) is 7.06. The minimum absolute atomic E-state index is 0.313. The van der Waals surface area contributed by atoms with E-state index in [9.17, 15) is 0 Å². The van der Waals surface area contributed by atoms with Crippen LogP contribution in [0.15, 0.2) is 54.9 Å². The SMILES string of the molecule is NC/C=C(\N)c1c(-c2cc3c(c(OCc4ccccc4)c2)CCO3)[nH]cnc1=S. The lowest BCUT2D eigenvalue weighted by atomic mass is 10.0. The van der Waals surface area contributed by atoms with Gasteiger partial charge in [0.15, 0.2) is 0 Å². The second kappa shape index (κ2) is 8.46. The molecule has 0 spiro atoms. The van der Waals surface area contributed by atoms with Gasteiger partial charge in [-0.1, -0.05) is 42.5 Å². The van der Waals surface area contributed by atoms with Crippen LogP contribution in [0.2, 0.25) is 0 Å². The fourth-order valence-corrected chi connectivity index (χ4v) is 3.66. The monoisotopic (exact) mass is 406 g/mol. The third-order valence-corrected chi connectivity index (χ3v) is 5.09. The second-order valence-electron chi connectivity index (χ2n) is 6.68. The molecular weight excluding hydrogens is 384 g/mol. The first-order valence-electron chi connectivity index (χ1n) is 9.38. The van der Waals surface area contributed by atoms with Crippen LogP contribution in [0.3, 0.4) is 0 Å². The largest absolute Gasteiger partial charge is 0.493 e. The number of rotatable bonds is 6. The van der Waals surface area contributed by atoms with Gasteiger partial charge in [-0.3, -0.25) is 0 Å². The summed E-state index contributed by atoms with van der Waals surface area (Å²) in [7, 11) is 0. The van der Waals surface area contributed by atoms with Crippen molar-refractivity contribution in [2.75, 3.05) is 13.2 Å². The first-order valence-corrected chi connectivity index (χ1v) is 9.78. The van der Waals surface area contributed by atoms with Gasteiger partial charge in [-0.2, -0.15) is 0 Å². The van der Waals surface area contributed by atoms with Crippen LogP contribution in [0.1, 0.15) is 16.7 Å². The molecule has 29 heavy (non-hydrogen) atoms. The molecule has 0 bridgehead atoms. The molecule has 1 aliphatic heterocycles.